The van der Waals surface area contributed by atoms with Gasteiger partial charge in [0.25, 0.3) is 0 Å². The average molecular weight is 533 g/mol. The second-order valence-corrected chi connectivity index (χ2v) is 12.8. The van der Waals surface area contributed by atoms with E-state index in [1.54, 1.807) is 0 Å². The van der Waals surface area contributed by atoms with Gasteiger partial charge in [-0.05, 0) is 92.7 Å². The van der Waals surface area contributed by atoms with Crippen LogP contribution in [0, 0.1) is 29.6 Å². The van der Waals surface area contributed by atoms with Gasteiger partial charge in [0.1, 0.15) is 11.6 Å². The fraction of sp³-hybridized carbons (Fsp3) is 0.639. The Morgan fingerprint density at radius 3 is 2.54 bits per heavy atom. The van der Waals surface area contributed by atoms with Gasteiger partial charge in [-0.25, -0.2) is 0 Å². The number of allylic oxidation sites excluding steroid dienone is 4. The third-order valence-corrected chi connectivity index (χ3v) is 9.63. The molecule has 214 valence electrons. The molecule has 1 aromatic rings. The Morgan fingerprint density at radius 2 is 1.85 bits per heavy atom. The minimum Gasteiger partial charge on any atom is -0.299 e. The first-order valence-electron chi connectivity index (χ1n) is 15.6. The van der Waals surface area contributed by atoms with Gasteiger partial charge in [-0.15, -0.1) is 0 Å². The number of Topliss-reactive ketones (excluding diaryl/α,β-unsaturated/α-hetero) is 3. The fourth-order valence-electron chi connectivity index (χ4n) is 7.09. The van der Waals surface area contributed by atoms with E-state index in [1.807, 2.05) is 32.1 Å². The van der Waals surface area contributed by atoms with Crippen molar-refractivity contribution in [2.75, 3.05) is 0 Å². The van der Waals surface area contributed by atoms with Crippen LogP contribution in [0.2, 0.25) is 0 Å². The van der Waals surface area contributed by atoms with E-state index in [2.05, 4.69) is 52.0 Å². The maximum Gasteiger partial charge on any atom is 0.161 e. The highest BCUT2D eigenvalue weighted by atomic mass is 16.1. The summed E-state index contributed by atoms with van der Waals surface area (Å²) in [7, 11) is 0. The monoisotopic (exact) mass is 532 g/mol. The molecule has 0 spiro atoms. The number of carbonyl (C=O) groups excluding carboxylic acids is 3. The third-order valence-electron chi connectivity index (χ3n) is 9.63. The second kappa shape index (κ2) is 14.9. The lowest BCUT2D eigenvalue weighted by Crippen LogP contribution is -2.30. The SMILES string of the molecule is CC=CC=C(C)C(=O)C(CCC)CCCC1CC(=O)C(c2cccc(C(C)C3CCC(=O)C(C(C)C)C3)c2)C1. The number of ketones is 3. The summed E-state index contributed by atoms with van der Waals surface area (Å²) < 4.78 is 0. The normalized spacial score (nSPS) is 26.0. The molecule has 0 N–H and O–H groups in total. The van der Waals surface area contributed by atoms with Gasteiger partial charge in [0.15, 0.2) is 5.78 Å². The Balaban J connectivity index is 1.59. The Labute approximate surface area is 237 Å². The molecule has 6 atom stereocenters. The zero-order valence-electron chi connectivity index (χ0n) is 25.4. The van der Waals surface area contributed by atoms with Crippen LogP contribution in [-0.4, -0.2) is 17.3 Å². The van der Waals surface area contributed by atoms with Gasteiger partial charge >= 0.3 is 0 Å². The molecule has 39 heavy (non-hydrogen) atoms. The van der Waals surface area contributed by atoms with Crippen molar-refractivity contribution >= 4 is 17.3 Å². The molecule has 0 aliphatic heterocycles. The predicted molar refractivity (Wildman–Crippen MR) is 162 cm³/mol. The molecule has 0 heterocycles. The van der Waals surface area contributed by atoms with Crippen molar-refractivity contribution in [2.45, 2.75) is 118 Å². The third kappa shape index (κ3) is 8.35. The molecule has 3 nitrogen and oxygen atoms in total. The van der Waals surface area contributed by atoms with E-state index in [0.29, 0.717) is 48.1 Å². The highest BCUT2D eigenvalue weighted by molar-refractivity contribution is 5.96. The molecule has 2 aliphatic rings. The van der Waals surface area contributed by atoms with Crippen molar-refractivity contribution in [1.82, 2.24) is 0 Å². The van der Waals surface area contributed by atoms with Crippen molar-refractivity contribution in [2.24, 2.45) is 29.6 Å². The van der Waals surface area contributed by atoms with Crippen molar-refractivity contribution in [3.8, 4) is 0 Å². The molecule has 0 radical (unpaired) electrons. The highest BCUT2D eigenvalue weighted by Gasteiger charge is 2.36. The quantitative estimate of drug-likeness (QED) is 0.188. The van der Waals surface area contributed by atoms with E-state index < -0.39 is 0 Å². The highest BCUT2D eigenvalue weighted by Crippen LogP contribution is 2.42. The lowest BCUT2D eigenvalue weighted by Gasteiger charge is -2.34. The van der Waals surface area contributed by atoms with Crippen LogP contribution in [0.3, 0.4) is 0 Å². The van der Waals surface area contributed by atoms with Crippen LogP contribution in [-0.2, 0) is 14.4 Å². The summed E-state index contributed by atoms with van der Waals surface area (Å²) in [5.41, 5.74) is 3.33. The second-order valence-electron chi connectivity index (χ2n) is 12.8. The summed E-state index contributed by atoms with van der Waals surface area (Å²) in [4.78, 5) is 38.5. The van der Waals surface area contributed by atoms with E-state index in [-0.39, 0.29) is 23.5 Å². The number of hydrogen-bond acceptors (Lipinski definition) is 3. The molecule has 3 rings (SSSR count). The van der Waals surface area contributed by atoms with E-state index in [1.165, 1.54) is 11.1 Å². The Hall–Kier alpha value is -2.29. The van der Waals surface area contributed by atoms with E-state index in [0.717, 1.165) is 56.9 Å². The van der Waals surface area contributed by atoms with Crippen molar-refractivity contribution in [3.05, 3.63) is 59.2 Å². The predicted octanol–water partition coefficient (Wildman–Crippen LogP) is 9.17. The van der Waals surface area contributed by atoms with Crippen LogP contribution in [0.4, 0.5) is 0 Å². The summed E-state index contributed by atoms with van der Waals surface area (Å²) in [6, 6.07) is 8.76. The minimum atomic E-state index is -0.00224. The smallest absolute Gasteiger partial charge is 0.161 e. The van der Waals surface area contributed by atoms with Crippen molar-refractivity contribution in [3.63, 3.8) is 0 Å². The molecule has 0 aromatic heterocycles. The van der Waals surface area contributed by atoms with Crippen LogP contribution < -0.4 is 0 Å². The average Bonchev–Trinajstić information content (AvgIpc) is 3.30. The number of carbonyl (C=O) groups is 3. The summed E-state index contributed by atoms with van der Waals surface area (Å²) in [6.45, 7) is 12.7. The van der Waals surface area contributed by atoms with Gasteiger partial charge in [-0.2, -0.15) is 0 Å². The Kier molecular flexibility index (Phi) is 11.9. The summed E-state index contributed by atoms with van der Waals surface area (Å²) in [5.74, 6) is 3.10. The van der Waals surface area contributed by atoms with Crippen molar-refractivity contribution in [1.29, 1.82) is 0 Å². The van der Waals surface area contributed by atoms with Crippen molar-refractivity contribution < 1.29 is 14.4 Å². The first kappa shape index (κ1) is 31.2. The minimum absolute atomic E-state index is 0.00224. The fourth-order valence-corrected chi connectivity index (χ4v) is 7.09. The zero-order chi connectivity index (χ0) is 28.5. The number of benzene rings is 1. The van der Waals surface area contributed by atoms with Gasteiger partial charge < -0.3 is 0 Å². The van der Waals surface area contributed by atoms with Crippen LogP contribution >= 0.6 is 0 Å². The lowest BCUT2D eigenvalue weighted by atomic mass is 9.70. The standard InChI is InChI=1S/C36H52O3/c1-7-9-13-25(5)36(39)28(12-8-2)15-10-14-27-20-33(35(38)21-27)31-17-11-16-29(22-31)26(6)30-18-19-34(37)32(23-30)24(3)4/h7,9,11,13,16-17,22,24,26-28,30,32-33H,8,10,12,14-15,18-21,23H2,1-6H3. The van der Waals surface area contributed by atoms with E-state index in [4.69, 9.17) is 0 Å². The van der Waals surface area contributed by atoms with Gasteiger partial charge in [0.2, 0.25) is 0 Å². The molecular formula is C36H52O3. The maximum atomic E-state index is 13.1. The van der Waals surface area contributed by atoms with Gasteiger partial charge in [0, 0.05) is 30.6 Å². The molecule has 3 heteroatoms. The molecule has 0 saturated heterocycles. The molecule has 2 saturated carbocycles. The van der Waals surface area contributed by atoms with Crippen LogP contribution in [0.15, 0.2) is 48.1 Å². The molecule has 0 amide bonds. The van der Waals surface area contributed by atoms with Crippen LogP contribution in [0.5, 0.6) is 0 Å². The first-order valence-corrected chi connectivity index (χ1v) is 15.6. The summed E-state index contributed by atoms with van der Waals surface area (Å²) in [5, 5.41) is 0. The van der Waals surface area contributed by atoms with E-state index >= 15 is 0 Å². The Bertz CT molecular complexity index is 1050. The largest absolute Gasteiger partial charge is 0.299 e. The topological polar surface area (TPSA) is 51.2 Å². The number of rotatable bonds is 13. The van der Waals surface area contributed by atoms with E-state index in [9.17, 15) is 14.4 Å². The van der Waals surface area contributed by atoms with Gasteiger partial charge in [0.05, 0.1) is 0 Å². The molecule has 2 fully saturated rings. The number of hydrogen-bond donors (Lipinski definition) is 0. The molecular weight excluding hydrogens is 480 g/mol. The molecule has 1 aromatic carbocycles. The summed E-state index contributed by atoms with van der Waals surface area (Å²) in [6.07, 6.45) is 15.0. The molecule has 0 bridgehead atoms. The zero-order valence-corrected chi connectivity index (χ0v) is 25.4. The van der Waals surface area contributed by atoms with Crippen LogP contribution in [0.1, 0.15) is 129 Å². The first-order chi connectivity index (χ1) is 18.7. The Morgan fingerprint density at radius 1 is 1.08 bits per heavy atom. The molecule has 6 unspecified atom stereocenters. The van der Waals surface area contributed by atoms with Gasteiger partial charge in [-0.1, -0.05) is 83.0 Å². The summed E-state index contributed by atoms with van der Waals surface area (Å²) >= 11 is 0. The lowest BCUT2D eigenvalue weighted by molar-refractivity contribution is -0.127. The molecule has 2 aliphatic carbocycles. The van der Waals surface area contributed by atoms with Crippen LogP contribution in [0.25, 0.3) is 0 Å². The maximum absolute atomic E-state index is 13.1. The van der Waals surface area contributed by atoms with Gasteiger partial charge in [-0.3, -0.25) is 14.4 Å².